The van der Waals surface area contributed by atoms with Gasteiger partial charge in [-0.1, -0.05) is 0 Å². The molecule has 2 aromatic carbocycles. The number of alkyl carbamates (subject to hydrolysis) is 2. The molecule has 0 bridgehead atoms. The van der Waals surface area contributed by atoms with Gasteiger partial charge in [0.1, 0.15) is 12.2 Å². The van der Waals surface area contributed by atoms with E-state index in [1.165, 1.54) is 4.57 Å². The minimum atomic E-state index is -0.478. The molecule has 0 saturated heterocycles. The summed E-state index contributed by atoms with van der Waals surface area (Å²) in [4.78, 5) is 49.1. The van der Waals surface area contributed by atoms with Gasteiger partial charge in [-0.15, -0.1) is 0 Å². The first-order valence-electron chi connectivity index (χ1n) is 19.2. The van der Waals surface area contributed by atoms with E-state index >= 15 is 0 Å². The number of fused-ring (bicyclic) bond motifs is 2. The van der Waals surface area contributed by atoms with E-state index in [0.717, 1.165) is 66.8 Å². The van der Waals surface area contributed by atoms with Gasteiger partial charge in [-0.05, 0) is 96.6 Å². The van der Waals surface area contributed by atoms with Gasteiger partial charge in [-0.25, -0.2) is 19.2 Å². The van der Waals surface area contributed by atoms with Crippen LogP contribution in [0.2, 0.25) is 0 Å². The van der Waals surface area contributed by atoms with Crippen LogP contribution in [0.1, 0.15) is 89.4 Å². The zero-order valence-electron chi connectivity index (χ0n) is 32.4. The van der Waals surface area contributed by atoms with Crippen LogP contribution in [0, 0.1) is 0 Å². The van der Waals surface area contributed by atoms with Crippen molar-refractivity contribution in [2.24, 2.45) is 7.05 Å². The van der Waals surface area contributed by atoms with E-state index in [4.69, 9.17) is 18.3 Å². The molecule has 4 atom stereocenters. The zero-order chi connectivity index (χ0) is 40.2. The van der Waals surface area contributed by atoms with Gasteiger partial charge in [-0.2, -0.15) is 10.2 Å². The third kappa shape index (κ3) is 9.68. The van der Waals surface area contributed by atoms with Gasteiger partial charge >= 0.3 is 23.7 Å². The van der Waals surface area contributed by atoms with Gasteiger partial charge in [0, 0.05) is 71.9 Å². The molecule has 18 nitrogen and oxygen atoms in total. The lowest BCUT2D eigenvalue weighted by Crippen LogP contribution is -2.33. The summed E-state index contributed by atoms with van der Waals surface area (Å²) in [6.45, 7) is 7.61. The van der Waals surface area contributed by atoms with Crippen molar-refractivity contribution in [1.29, 1.82) is 0 Å². The van der Waals surface area contributed by atoms with E-state index in [9.17, 15) is 19.2 Å². The van der Waals surface area contributed by atoms with Crippen LogP contribution in [-0.4, -0.2) is 66.4 Å². The number of ether oxygens (including phenoxy) is 2. The number of carbonyl (C=O) groups is 2. The third-order valence-corrected chi connectivity index (χ3v) is 9.96. The Hall–Kier alpha value is -6.46. The second-order valence-electron chi connectivity index (χ2n) is 15.2. The largest absolute Gasteiger partial charge is 0.446 e. The molecule has 2 amide bonds. The Bertz CT molecular complexity index is 2450. The molecular formula is C39H48N10O8. The van der Waals surface area contributed by atoms with Crippen LogP contribution < -0.4 is 32.8 Å². The summed E-state index contributed by atoms with van der Waals surface area (Å²) in [6, 6.07) is 14.9. The standard InChI is InChI=1S/C20H25N5O4.C19H23N5O4/c1-11(2)21-19(26)28-14-6-4-12(8-14)15-10-18(24-23-15)22-13-5-7-16-17(9-13)29-20(27)25(16)3;1-10(2)20-18(25)27-13-5-3-11(7-13)14-9-17(24-23-14)21-12-4-6-16-15(8-12)22-19(26)28-16/h5,7,9-12,14H,4,6,8H2,1-3H3,(H,21,26)(H2,22,23,24);4,6,8-11,13H,3,5,7H2,1-2H3,(H,20,25)(H,22,26)(H2,21,23,24)/t12-,14+;11-,13+/m00/s1. The quantitative estimate of drug-likeness (QED) is 0.0766. The lowest BCUT2D eigenvalue weighted by Gasteiger charge is -2.14. The SMILES string of the molecule is CC(C)NC(=O)O[C@@H]1CC[C@H](c2cc(Nc3ccc4c(c3)oc(=O)n4C)n[nH]2)C1.CC(C)NC(=O)O[C@@H]1CC[C@H](c2cc(Nc3ccc4oc(=O)[nH]c4c3)n[nH]2)C1. The molecule has 302 valence electrons. The molecule has 0 spiro atoms. The van der Waals surface area contributed by atoms with Crippen molar-refractivity contribution in [3.63, 3.8) is 0 Å². The fourth-order valence-electron chi connectivity index (χ4n) is 7.26. The highest BCUT2D eigenvalue weighted by molar-refractivity contribution is 5.79. The molecule has 57 heavy (non-hydrogen) atoms. The number of amides is 2. The van der Waals surface area contributed by atoms with E-state index in [2.05, 4.69) is 46.6 Å². The first-order valence-corrected chi connectivity index (χ1v) is 19.2. The molecule has 2 aliphatic carbocycles. The maximum Gasteiger partial charge on any atom is 0.419 e. The number of benzene rings is 2. The number of aryl methyl sites for hydroxylation is 1. The Morgan fingerprint density at radius 2 is 1.28 bits per heavy atom. The van der Waals surface area contributed by atoms with Gasteiger partial charge in [0.05, 0.1) is 11.0 Å². The predicted octanol–water partition coefficient (Wildman–Crippen LogP) is 6.73. The van der Waals surface area contributed by atoms with E-state index in [1.54, 1.807) is 25.2 Å². The van der Waals surface area contributed by atoms with Gasteiger partial charge < -0.3 is 39.6 Å². The fraction of sp³-hybridized carbons (Fsp3) is 0.436. The Morgan fingerprint density at radius 3 is 1.84 bits per heavy atom. The van der Waals surface area contributed by atoms with Crippen molar-refractivity contribution in [2.45, 2.75) is 102 Å². The molecule has 0 unspecified atom stereocenters. The molecule has 2 aliphatic rings. The Morgan fingerprint density at radius 1 is 0.737 bits per heavy atom. The summed E-state index contributed by atoms with van der Waals surface area (Å²) in [5.74, 6) is 1.03. The molecule has 2 fully saturated rings. The Balaban J connectivity index is 0.000000174. The highest BCUT2D eigenvalue weighted by atomic mass is 16.6. The number of nitrogens with one attached hydrogen (secondary N) is 7. The van der Waals surface area contributed by atoms with Crippen LogP contribution in [0.4, 0.5) is 32.6 Å². The maximum atomic E-state index is 11.8. The molecule has 2 saturated carbocycles. The van der Waals surface area contributed by atoms with E-state index < -0.39 is 5.76 Å². The molecule has 0 radical (unpaired) electrons. The van der Waals surface area contributed by atoms with Crippen LogP contribution in [0.5, 0.6) is 0 Å². The van der Waals surface area contributed by atoms with E-state index in [0.29, 0.717) is 28.3 Å². The minimum absolute atomic E-state index is 0.0593. The van der Waals surface area contributed by atoms with Gasteiger partial charge in [-0.3, -0.25) is 19.7 Å². The average molecular weight is 785 g/mol. The second kappa shape index (κ2) is 16.7. The van der Waals surface area contributed by atoms with E-state index in [1.807, 2.05) is 58.0 Å². The summed E-state index contributed by atoms with van der Waals surface area (Å²) >= 11 is 0. The summed E-state index contributed by atoms with van der Waals surface area (Å²) in [5.41, 5.74) is 5.99. The third-order valence-electron chi connectivity index (χ3n) is 9.96. The van der Waals surface area contributed by atoms with Crippen molar-refractivity contribution in [2.75, 3.05) is 10.6 Å². The minimum Gasteiger partial charge on any atom is -0.446 e. The number of oxazole rings is 2. The molecule has 6 aromatic rings. The van der Waals surface area contributed by atoms with E-state index in [-0.39, 0.29) is 54.1 Å². The Kier molecular flexibility index (Phi) is 11.4. The van der Waals surface area contributed by atoms with Gasteiger partial charge in [0.25, 0.3) is 0 Å². The number of carbonyl (C=O) groups excluding carboxylic acids is 2. The molecule has 0 aliphatic heterocycles. The molecular weight excluding hydrogens is 736 g/mol. The first kappa shape index (κ1) is 38.8. The number of rotatable bonds is 10. The molecule has 8 rings (SSSR count). The normalized spacial score (nSPS) is 19.1. The first-order chi connectivity index (χ1) is 27.3. The lowest BCUT2D eigenvalue weighted by atomic mass is 10.0. The van der Waals surface area contributed by atoms with Crippen molar-refractivity contribution in [3.05, 3.63) is 81.0 Å². The summed E-state index contributed by atoms with van der Waals surface area (Å²) in [7, 11) is 1.67. The monoisotopic (exact) mass is 784 g/mol. The smallest absolute Gasteiger partial charge is 0.419 e. The second-order valence-corrected chi connectivity index (χ2v) is 15.2. The average Bonchev–Trinajstić information content (AvgIpc) is 4.00. The topological polar surface area (TPSA) is 239 Å². The predicted molar refractivity (Wildman–Crippen MR) is 212 cm³/mol. The van der Waals surface area contributed by atoms with Crippen LogP contribution in [0.15, 0.2) is 67.0 Å². The number of aromatic nitrogens is 6. The fourth-order valence-corrected chi connectivity index (χ4v) is 7.26. The molecule has 4 heterocycles. The van der Waals surface area contributed by atoms with Crippen LogP contribution in [0.25, 0.3) is 22.2 Å². The highest BCUT2D eigenvalue weighted by Crippen LogP contribution is 2.37. The molecule has 4 aromatic heterocycles. The molecule has 18 heteroatoms. The summed E-state index contributed by atoms with van der Waals surface area (Å²) < 4.78 is 22.7. The maximum absolute atomic E-state index is 11.8. The van der Waals surface area contributed by atoms with Crippen molar-refractivity contribution >= 4 is 57.4 Å². The number of H-pyrrole nitrogens is 3. The van der Waals surface area contributed by atoms with Crippen LogP contribution >= 0.6 is 0 Å². The van der Waals surface area contributed by atoms with Gasteiger partial charge in [0.15, 0.2) is 22.8 Å². The van der Waals surface area contributed by atoms with Crippen molar-refractivity contribution in [1.82, 2.24) is 40.6 Å². The van der Waals surface area contributed by atoms with Gasteiger partial charge in [0.2, 0.25) is 0 Å². The Labute approximate surface area is 326 Å². The van der Waals surface area contributed by atoms with Crippen LogP contribution in [-0.2, 0) is 16.5 Å². The number of hydrogen-bond acceptors (Lipinski definition) is 12. The zero-order valence-corrected chi connectivity index (χ0v) is 32.4. The molecule has 7 N–H and O–H groups in total. The lowest BCUT2D eigenvalue weighted by molar-refractivity contribution is 0.0972. The number of hydrogen-bond donors (Lipinski definition) is 7. The van der Waals surface area contributed by atoms with Crippen molar-refractivity contribution < 1.29 is 27.9 Å². The number of aromatic amines is 3. The van der Waals surface area contributed by atoms with Crippen LogP contribution in [0.3, 0.4) is 0 Å². The summed E-state index contributed by atoms with van der Waals surface area (Å²) in [6.07, 6.45) is 4.20. The number of nitrogens with zero attached hydrogens (tertiary/aromatic N) is 3. The highest BCUT2D eigenvalue weighted by Gasteiger charge is 2.31. The number of anilines is 4. The van der Waals surface area contributed by atoms with Crippen molar-refractivity contribution in [3.8, 4) is 0 Å². The summed E-state index contributed by atoms with van der Waals surface area (Å²) in [5, 5.41) is 26.7.